The molecule has 1 aliphatic heterocycles. The topological polar surface area (TPSA) is 126 Å². The first kappa shape index (κ1) is 22.9. The summed E-state index contributed by atoms with van der Waals surface area (Å²) in [5.41, 5.74) is 3.83. The first-order valence-corrected chi connectivity index (χ1v) is 11.7. The number of imidazole rings is 1. The van der Waals surface area contributed by atoms with Crippen molar-refractivity contribution in [2.45, 2.75) is 25.1 Å². The molecule has 5 heterocycles. The summed E-state index contributed by atoms with van der Waals surface area (Å²) in [6.45, 7) is 4.19. The second kappa shape index (κ2) is 9.06. The lowest BCUT2D eigenvalue weighted by molar-refractivity contribution is 0.413. The predicted molar refractivity (Wildman–Crippen MR) is 142 cm³/mol. The minimum absolute atomic E-state index is 0.0690. The van der Waals surface area contributed by atoms with Gasteiger partial charge in [0.1, 0.15) is 22.7 Å². The maximum absolute atomic E-state index is 13.4. The van der Waals surface area contributed by atoms with Gasteiger partial charge in [-0.2, -0.15) is 17.7 Å². The molecule has 10 nitrogen and oxygen atoms in total. The molecule has 0 saturated carbocycles. The van der Waals surface area contributed by atoms with E-state index < -0.39 is 0 Å². The molecule has 3 N–H and O–H groups in total. The maximum Gasteiger partial charge on any atom is 0.261 e. The summed E-state index contributed by atoms with van der Waals surface area (Å²) in [6.07, 6.45) is 11.0. The Bertz CT molecular complexity index is 1560. The molecule has 0 spiro atoms. The van der Waals surface area contributed by atoms with Gasteiger partial charge in [0.25, 0.3) is 5.56 Å². The number of hydrogen-bond donors (Lipinski definition) is 4. The number of ether oxygens (including phenoxy) is 1. The Morgan fingerprint density at radius 1 is 1.26 bits per heavy atom. The van der Waals surface area contributed by atoms with Crippen LogP contribution < -0.4 is 15.6 Å². The fourth-order valence-electron chi connectivity index (χ4n) is 4.15. The summed E-state index contributed by atoms with van der Waals surface area (Å²) in [4.78, 5) is 33.1. The van der Waals surface area contributed by atoms with Crippen LogP contribution in [0.3, 0.4) is 0 Å². The lowest BCUT2D eigenvalue weighted by Crippen LogP contribution is -2.29. The smallest absolute Gasteiger partial charge is 0.261 e. The van der Waals surface area contributed by atoms with Gasteiger partial charge in [-0.25, -0.2) is 9.97 Å². The number of aliphatic imine (C=N–C) groups is 1. The average molecular weight is 491 g/mol. The van der Waals surface area contributed by atoms with Crippen molar-refractivity contribution in [1.29, 1.82) is 0 Å². The number of nitrogens with zero attached hydrogens (tertiary/aromatic N) is 5. The Morgan fingerprint density at radius 2 is 2.09 bits per heavy atom. The highest BCUT2D eigenvalue weighted by Gasteiger charge is 2.26. The van der Waals surface area contributed by atoms with Crippen LogP contribution in [0.25, 0.3) is 33.6 Å². The van der Waals surface area contributed by atoms with Crippen molar-refractivity contribution in [3.63, 3.8) is 0 Å². The molecule has 0 radical (unpaired) electrons. The maximum atomic E-state index is 13.4. The normalized spacial score (nSPS) is 16.6. The number of aromatic nitrogens is 6. The second-order valence-corrected chi connectivity index (χ2v) is 9.31. The molecule has 11 heteroatoms. The average Bonchev–Trinajstić information content (AvgIpc) is 3.33. The van der Waals surface area contributed by atoms with E-state index in [1.54, 1.807) is 36.5 Å². The van der Waals surface area contributed by atoms with Crippen LogP contribution in [0.5, 0.6) is 5.75 Å². The third-order valence-electron chi connectivity index (χ3n) is 5.82. The quantitative estimate of drug-likeness (QED) is 0.307. The van der Waals surface area contributed by atoms with Gasteiger partial charge in [-0.15, -0.1) is 0 Å². The lowest BCUT2D eigenvalue weighted by atomic mass is 9.99. The van der Waals surface area contributed by atoms with Gasteiger partial charge in [0, 0.05) is 30.8 Å². The number of anilines is 1. The second-order valence-electron chi connectivity index (χ2n) is 8.71. The van der Waals surface area contributed by atoms with Crippen LogP contribution in [0.1, 0.15) is 13.8 Å². The van der Waals surface area contributed by atoms with Gasteiger partial charge in [-0.1, -0.05) is 19.9 Å². The van der Waals surface area contributed by atoms with E-state index in [0.29, 0.717) is 45.0 Å². The van der Waals surface area contributed by atoms with Crippen LogP contribution >= 0.6 is 12.6 Å². The Labute approximate surface area is 206 Å². The molecule has 0 bridgehead atoms. The molecule has 0 fully saturated rings. The fraction of sp³-hybridized carbons (Fsp3) is 0.292. The van der Waals surface area contributed by atoms with E-state index in [4.69, 9.17) is 4.74 Å². The van der Waals surface area contributed by atoms with E-state index in [1.807, 2.05) is 25.3 Å². The Balaban J connectivity index is 1.71. The number of nitrogens with one attached hydrogen (secondary N) is 3. The standard InChI is InChI=1S/C24H26N8O2S/c1-12(2)19(15-9-14(35)6-5-7-25-15)29-21-18(24(33)28-17-11-32(3)31-20(17)21)23-27-16-8-13(34-4)10-26-22(16)30-23/h5-12,14,19,29,35H,1-4H3,(H,28,33)(H,26,27,30)/t14-,19+/m1/s1. The van der Waals surface area contributed by atoms with Crippen molar-refractivity contribution < 1.29 is 4.74 Å². The summed E-state index contributed by atoms with van der Waals surface area (Å²) in [7, 11) is 3.39. The zero-order chi connectivity index (χ0) is 24.7. The van der Waals surface area contributed by atoms with Crippen molar-refractivity contribution in [2.24, 2.45) is 18.0 Å². The molecule has 1 aliphatic rings. The third-order valence-corrected chi connectivity index (χ3v) is 6.14. The van der Waals surface area contributed by atoms with Crippen molar-refractivity contribution in [1.82, 2.24) is 29.7 Å². The number of pyridine rings is 2. The number of fused-ring (bicyclic) bond motifs is 2. The summed E-state index contributed by atoms with van der Waals surface area (Å²) in [5.74, 6) is 1.12. The minimum Gasteiger partial charge on any atom is -0.495 e. The number of thiol groups is 1. The van der Waals surface area contributed by atoms with Crippen LogP contribution in [0.2, 0.25) is 0 Å². The molecular formula is C24H26N8O2S. The molecule has 4 aromatic heterocycles. The molecule has 35 heavy (non-hydrogen) atoms. The van der Waals surface area contributed by atoms with Crippen LogP contribution in [0, 0.1) is 5.92 Å². The van der Waals surface area contributed by atoms with Gasteiger partial charge >= 0.3 is 0 Å². The van der Waals surface area contributed by atoms with Gasteiger partial charge in [-0.05, 0) is 18.1 Å². The van der Waals surface area contributed by atoms with Crippen molar-refractivity contribution in [3.8, 4) is 17.1 Å². The first-order valence-electron chi connectivity index (χ1n) is 11.2. The van der Waals surface area contributed by atoms with Crippen LogP contribution in [-0.2, 0) is 7.05 Å². The molecule has 0 amide bonds. The number of rotatable bonds is 6. The van der Waals surface area contributed by atoms with Gasteiger partial charge in [0.05, 0.1) is 41.8 Å². The number of aromatic amines is 2. The zero-order valence-electron chi connectivity index (χ0n) is 19.8. The lowest BCUT2D eigenvalue weighted by Gasteiger charge is -2.25. The molecule has 180 valence electrons. The van der Waals surface area contributed by atoms with Crippen molar-refractivity contribution >= 4 is 46.7 Å². The monoisotopic (exact) mass is 490 g/mol. The SMILES string of the molecule is COc1cnc2nc(-c3c(N[C@H](C4=C[C@H](S)C=CC=N4)C(C)C)c4nn(C)cc4[nH]c3=O)[nH]c2c1. The van der Waals surface area contributed by atoms with Crippen LogP contribution in [0.4, 0.5) is 5.69 Å². The first-order chi connectivity index (χ1) is 16.8. The van der Waals surface area contributed by atoms with Gasteiger partial charge in [0.15, 0.2) is 5.65 Å². The molecule has 2 atom stereocenters. The van der Waals surface area contributed by atoms with E-state index in [1.165, 1.54) is 0 Å². The molecule has 4 aromatic rings. The Hall–Kier alpha value is -3.86. The number of H-pyrrole nitrogens is 2. The highest BCUT2D eigenvalue weighted by molar-refractivity contribution is 7.81. The van der Waals surface area contributed by atoms with Crippen LogP contribution in [-0.4, -0.2) is 54.3 Å². The van der Waals surface area contributed by atoms with E-state index >= 15 is 0 Å². The molecule has 0 saturated heterocycles. The largest absolute Gasteiger partial charge is 0.495 e. The zero-order valence-corrected chi connectivity index (χ0v) is 20.7. The molecule has 0 unspecified atom stereocenters. The summed E-state index contributed by atoms with van der Waals surface area (Å²) < 4.78 is 6.94. The molecule has 0 aromatic carbocycles. The minimum atomic E-state index is -0.298. The summed E-state index contributed by atoms with van der Waals surface area (Å²) in [6, 6.07) is 1.58. The predicted octanol–water partition coefficient (Wildman–Crippen LogP) is 3.47. The van der Waals surface area contributed by atoms with E-state index in [0.717, 1.165) is 5.70 Å². The fourth-order valence-corrected chi connectivity index (χ4v) is 4.40. The molecule has 0 aliphatic carbocycles. The van der Waals surface area contributed by atoms with E-state index in [2.05, 4.69) is 61.8 Å². The van der Waals surface area contributed by atoms with Gasteiger partial charge in [-0.3, -0.25) is 14.5 Å². The number of aryl methyl sites for hydroxylation is 1. The Kier molecular flexibility index (Phi) is 5.93. The summed E-state index contributed by atoms with van der Waals surface area (Å²) in [5, 5.41) is 8.15. The van der Waals surface area contributed by atoms with Crippen molar-refractivity contribution in [3.05, 3.63) is 52.7 Å². The number of hydrogen-bond acceptors (Lipinski definition) is 8. The van der Waals surface area contributed by atoms with Crippen LogP contribution in [0.15, 0.2) is 52.2 Å². The van der Waals surface area contributed by atoms with Gasteiger partial charge in [0.2, 0.25) is 0 Å². The Morgan fingerprint density at radius 3 is 2.86 bits per heavy atom. The molecular weight excluding hydrogens is 464 g/mol. The van der Waals surface area contributed by atoms with Crippen molar-refractivity contribution in [2.75, 3.05) is 12.4 Å². The number of allylic oxidation sites excluding steroid dienone is 1. The highest BCUT2D eigenvalue weighted by Crippen LogP contribution is 2.33. The van der Waals surface area contributed by atoms with Gasteiger partial charge < -0.3 is 20.0 Å². The molecule has 5 rings (SSSR count). The van der Waals surface area contributed by atoms with E-state index in [9.17, 15) is 4.79 Å². The highest BCUT2D eigenvalue weighted by atomic mass is 32.1. The third kappa shape index (κ3) is 4.34. The van der Waals surface area contributed by atoms with E-state index in [-0.39, 0.29) is 22.8 Å². The number of methoxy groups -OCH3 is 1. The summed E-state index contributed by atoms with van der Waals surface area (Å²) >= 11 is 4.61.